The van der Waals surface area contributed by atoms with Crippen LogP contribution in [0.2, 0.25) is 10.0 Å². The number of phenolic OH excluding ortho intramolecular Hbond substituents is 2. The average Bonchev–Trinajstić information content (AvgIpc) is 1.97. The van der Waals surface area contributed by atoms with Gasteiger partial charge in [0.25, 0.3) is 0 Å². The minimum atomic E-state index is -0.450. The highest BCUT2D eigenvalue weighted by molar-refractivity contribution is 6.40. The standard InChI is InChI=1S/C6H5Cl2NO2/c7-2-1-3(10)6(11)4(8)5(2)9/h1,10-11H,9H2. The van der Waals surface area contributed by atoms with Gasteiger partial charge < -0.3 is 15.9 Å². The fourth-order valence-corrected chi connectivity index (χ4v) is 1.06. The van der Waals surface area contributed by atoms with Gasteiger partial charge in [-0.1, -0.05) is 23.2 Å². The second-order valence-electron chi connectivity index (χ2n) is 1.95. The summed E-state index contributed by atoms with van der Waals surface area (Å²) in [6, 6.07) is 1.12. The Morgan fingerprint density at radius 2 is 1.82 bits per heavy atom. The number of aromatic hydroxyl groups is 2. The Bertz CT molecular complexity index is 275. The summed E-state index contributed by atoms with van der Waals surface area (Å²) in [5.41, 5.74) is 5.38. The van der Waals surface area contributed by atoms with Crippen LogP contribution < -0.4 is 5.73 Å². The second kappa shape index (κ2) is 2.68. The molecule has 0 fully saturated rings. The monoisotopic (exact) mass is 193 g/mol. The first-order valence-electron chi connectivity index (χ1n) is 2.69. The van der Waals surface area contributed by atoms with Crippen molar-refractivity contribution in [1.29, 1.82) is 0 Å². The van der Waals surface area contributed by atoms with Crippen LogP contribution in [0.25, 0.3) is 0 Å². The van der Waals surface area contributed by atoms with Gasteiger partial charge in [-0.05, 0) is 0 Å². The van der Waals surface area contributed by atoms with Gasteiger partial charge >= 0.3 is 0 Å². The van der Waals surface area contributed by atoms with Crippen molar-refractivity contribution in [2.75, 3.05) is 5.73 Å². The van der Waals surface area contributed by atoms with Crippen LogP contribution in [0.4, 0.5) is 5.69 Å². The smallest absolute Gasteiger partial charge is 0.178 e. The number of phenols is 2. The molecule has 0 saturated carbocycles. The van der Waals surface area contributed by atoms with E-state index in [0.29, 0.717) is 0 Å². The molecule has 0 aromatic heterocycles. The predicted molar refractivity (Wildman–Crippen MR) is 44.2 cm³/mol. The normalized spacial score (nSPS) is 10.0. The molecule has 0 heterocycles. The van der Waals surface area contributed by atoms with Crippen molar-refractivity contribution in [3.8, 4) is 11.5 Å². The zero-order chi connectivity index (χ0) is 8.59. The van der Waals surface area contributed by atoms with E-state index in [1.165, 1.54) is 0 Å². The van der Waals surface area contributed by atoms with Crippen LogP contribution >= 0.6 is 23.2 Å². The van der Waals surface area contributed by atoms with E-state index in [2.05, 4.69) is 0 Å². The quantitative estimate of drug-likeness (QED) is 0.336. The Hall–Kier alpha value is -0.800. The maximum absolute atomic E-state index is 8.99. The van der Waals surface area contributed by atoms with E-state index in [-0.39, 0.29) is 21.5 Å². The summed E-state index contributed by atoms with van der Waals surface area (Å²) < 4.78 is 0. The van der Waals surface area contributed by atoms with Crippen molar-refractivity contribution >= 4 is 28.9 Å². The van der Waals surface area contributed by atoms with Crippen LogP contribution in [0, 0.1) is 0 Å². The Morgan fingerprint density at radius 1 is 1.27 bits per heavy atom. The summed E-state index contributed by atoms with van der Waals surface area (Å²) in [5, 5.41) is 17.9. The average molecular weight is 194 g/mol. The Morgan fingerprint density at radius 3 is 2.36 bits per heavy atom. The van der Waals surface area contributed by atoms with Crippen molar-refractivity contribution in [2.45, 2.75) is 0 Å². The van der Waals surface area contributed by atoms with E-state index in [9.17, 15) is 0 Å². The molecule has 0 unspecified atom stereocenters. The van der Waals surface area contributed by atoms with Gasteiger partial charge in [0.1, 0.15) is 5.02 Å². The second-order valence-corrected chi connectivity index (χ2v) is 2.74. The molecule has 0 radical (unpaired) electrons. The summed E-state index contributed by atoms with van der Waals surface area (Å²) in [6.07, 6.45) is 0. The van der Waals surface area contributed by atoms with Crippen LogP contribution in [0.1, 0.15) is 0 Å². The number of nitrogen functional groups attached to an aromatic ring is 1. The SMILES string of the molecule is Nc1c(Cl)cc(O)c(O)c1Cl. The molecular weight excluding hydrogens is 189 g/mol. The fraction of sp³-hybridized carbons (Fsp3) is 0. The number of benzene rings is 1. The fourth-order valence-electron chi connectivity index (χ4n) is 0.611. The van der Waals surface area contributed by atoms with Crippen molar-refractivity contribution in [3.05, 3.63) is 16.1 Å². The molecule has 1 aromatic rings. The molecule has 0 aliphatic carbocycles. The largest absolute Gasteiger partial charge is 0.504 e. The predicted octanol–water partition coefficient (Wildman–Crippen LogP) is 1.99. The van der Waals surface area contributed by atoms with Crippen molar-refractivity contribution < 1.29 is 10.2 Å². The number of hydrogen-bond donors (Lipinski definition) is 3. The minimum absolute atomic E-state index is 0.0589. The van der Waals surface area contributed by atoms with Gasteiger partial charge in [-0.2, -0.15) is 0 Å². The summed E-state index contributed by atoms with van der Waals surface area (Å²) >= 11 is 11.0. The third-order valence-corrected chi connectivity index (χ3v) is 1.90. The van der Waals surface area contributed by atoms with E-state index in [1.807, 2.05) is 0 Å². The molecule has 0 spiro atoms. The first-order chi connectivity index (χ1) is 5.04. The lowest BCUT2D eigenvalue weighted by atomic mass is 10.3. The maximum atomic E-state index is 8.99. The van der Waals surface area contributed by atoms with E-state index in [1.54, 1.807) is 0 Å². The van der Waals surface area contributed by atoms with Crippen LogP contribution in [0.5, 0.6) is 11.5 Å². The third kappa shape index (κ3) is 1.29. The van der Waals surface area contributed by atoms with Gasteiger partial charge in [-0.15, -0.1) is 0 Å². The first kappa shape index (κ1) is 8.30. The van der Waals surface area contributed by atoms with E-state index in [4.69, 9.17) is 39.1 Å². The number of rotatable bonds is 0. The minimum Gasteiger partial charge on any atom is -0.504 e. The molecule has 3 nitrogen and oxygen atoms in total. The molecule has 0 amide bonds. The van der Waals surface area contributed by atoms with Crippen LogP contribution in [-0.2, 0) is 0 Å². The van der Waals surface area contributed by atoms with Gasteiger partial charge in [-0.3, -0.25) is 0 Å². The third-order valence-electron chi connectivity index (χ3n) is 1.21. The lowest BCUT2D eigenvalue weighted by Gasteiger charge is -2.04. The summed E-state index contributed by atoms with van der Waals surface area (Å²) in [4.78, 5) is 0. The van der Waals surface area contributed by atoms with Crippen LogP contribution in [0.15, 0.2) is 6.07 Å². The van der Waals surface area contributed by atoms with Crippen LogP contribution in [0.3, 0.4) is 0 Å². The van der Waals surface area contributed by atoms with Gasteiger partial charge in [0.2, 0.25) is 0 Å². The molecule has 4 N–H and O–H groups in total. The van der Waals surface area contributed by atoms with Gasteiger partial charge in [-0.25, -0.2) is 0 Å². The lowest BCUT2D eigenvalue weighted by molar-refractivity contribution is 0.404. The molecule has 11 heavy (non-hydrogen) atoms. The zero-order valence-corrected chi connectivity index (χ0v) is 6.82. The molecule has 0 aliphatic rings. The summed E-state index contributed by atoms with van der Waals surface area (Å²) in [5.74, 6) is -0.831. The number of anilines is 1. The zero-order valence-electron chi connectivity index (χ0n) is 5.31. The molecule has 0 bridgehead atoms. The molecule has 1 rings (SSSR count). The Labute approximate surface area is 73.0 Å². The van der Waals surface area contributed by atoms with E-state index < -0.39 is 5.75 Å². The van der Waals surface area contributed by atoms with Gasteiger partial charge in [0.15, 0.2) is 11.5 Å². The molecule has 0 saturated heterocycles. The van der Waals surface area contributed by atoms with E-state index >= 15 is 0 Å². The Balaban J connectivity index is 3.46. The maximum Gasteiger partial charge on any atom is 0.178 e. The highest BCUT2D eigenvalue weighted by Crippen LogP contribution is 2.41. The van der Waals surface area contributed by atoms with Crippen molar-refractivity contribution in [2.24, 2.45) is 0 Å². The van der Waals surface area contributed by atoms with Crippen molar-refractivity contribution in [3.63, 3.8) is 0 Å². The topological polar surface area (TPSA) is 66.5 Å². The molecule has 5 heteroatoms. The number of hydrogen-bond acceptors (Lipinski definition) is 3. The van der Waals surface area contributed by atoms with Gasteiger partial charge in [0.05, 0.1) is 10.7 Å². The molecule has 1 aromatic carbocycles. The van der Waals surface area contributed by atoms with E-state index in [0.717, 1.165) is 6.07 Å². The number of halogens is 2. The van der Waals surface area contributed by atoms with Crippen molar-refractivity contribution in [1.82, 2.24) is 0 Å². The molecule has 60 valence electrons. The first-order valence-corrected chi connectivity index (χ1v) is 3.45. The van der Waals surface area contributed by atoms with Crippen LogP contribution in [-0.4, -0.2) is 10.2 Å². The Kier molecular flexibility index (Phi) is 2.02. The summed E-state index contributed by atoms with van der Waals surface area (Å²) in [7, 11) is 0. The summed E-state index contributed by atoms with van der Waals surface area (Å²) in [6.45, 7) is 0. The highest BCUT2D eigenvalue weighted by Gasteiger charge is 2.11. The molecule has 0 aliphatic heterocycles. The highest BCUT2D eigenvalue weighted by atomic mass is 35.5. The molecule has 0 atom stereocenters. The lowest BCUT2D eigenvalue weighted by Crippen LogP contribution is -1.87. The molecular formula is C6H5Cl2NO2. The van der Waals surface area contributed by atoms with Gasteiger partial charge in [0, 0.05) is 6.07 Å². The number of nitrogens with two attached hydrogens (primary N) is 1.